The molecule has 6 nitrogen and oxygen atoms in total. The Morgan fingerprint density at radius 3 is 3.11 bits per heavy atom. The molecule has 0 unspecified atom stereocenters. The summed E-state index contributed by atoms with van der Waals surface area (Å²) in [5.74, 6) is 0.146. The lowest BCUT2D eigenvalue weighted by Crippen LogP contribution is -2.29. The van der Waals surface area contributed by atoms with Crippen molar-refractivity contribution >= 4 is 27.2 Å². The van der Waals surface area contributed by atoms with E-state index in [9.17, 15) is 8.42 Å². The second kappa shape index (κ2) is 4.46. The van der Waals surface area contributed by atoms with E-state index in [0.717, 1.165) is 17.1 Å². The Morgan fingerprint density at radius 2 is 2.32 bits per heavy atom. The molecule has 0 N–H and O–H groups in total. The van der Waals surface area contributed by atoms with Gasteiger partial charge in [0.1, 0.15) is 0 Å². The van der Waals surface area contributed by atoms with Crippen molar-refractivity contribution in [2.75, 3.05) is 18.0 Å². The monoisotopic (exact) mass is 297 g/mol. The molecular formula is C11H11N3O3S2. The van der Waals surface area contributed by atoms with Crippen LogP contribution in [-0.2, 0) is 16.4 Å². The van der Waals surface area contributed by atoms with Gasteiger partial charge in [-0.3, -0.25) is 9.29 Å². The largest absolute Gasteiger partial charge is 0.479 e. The third-order valence-electron chi connectivity index (χ3n) is 3.00. The molecule has 0 spiro atoms. The zero-order valence-electron chi connectivity index (χ0n) is 10.1. The number of ether oxygens (including phenoxy) is 1. The molecule has 0 amide bonds. The molecule has 0 radical (unpaired) electrons. The van der Waals surface area contributed by atoms with Crippen LogP contribution in [0.5, 0.6) is 5.88 Å². The van der Waals surface area contributed by atoms with Crippen LogP contribution in [0.1, 0.15) is 5.56 Å². The van der Waals surface area contributed by atoms with Crippen molar-refractivity contribution in [2.24, 2.45) is 0 Å². The number of rotatable bonds is 3. The Labute approximate surface area is 114 Å². The predicted molar refractivity (Wildman–Crippen MR) is 71.1 cm³/mol. The quantitative estimate of drug-likeness (QED) is 0.854. The van der Waals surface area contributed by atoms with Crippen LogP contribution in [0.2, 0.25) is 0 Å². The van der Waals surface area contributed by atoms with Crippen molar-refractivity contribution in [3.63, 3.8) is 0 Å². The third kappa shape index (κ3) is 1.87. The lowest BCUT2D eigenvalue weighted by Gasteiger charge is -2.18. The van der Waals surface area contributed by atoms with Crippen LogP contribution >= 0.6 is 11.5 Å². The molecule has 2 aromatic heterocycles. The van der Waals surface area contributed by atoms with Gasteiger partial charge in [-0.2, -0.15) is 4.37 Å². The number of hydrogen-bond donors (Lipinski definition) is 0. The molecular weight excluding hydrogens is 286 g/mol. The van der Waals surface area contributed by atoms with Crippen LogP contribution in [0.15, 0.2) is 28.7 Å². The summed E-state index contributed by atoms with van der Waals surface area (Å²) in [5.41, 5.74) is 1.62. The first-order chi connectivity index (χ1) is 9.14. The number of pyridine rings is 1. The molecule has 0 aromatic carbocycles. The first-order valence-corrected chi connectivity index (χ1v) is 7.86. The lowest BCUT2D eigenvalue weighted by molar-refractivity contribution is 0.391. The van der Waals surface area contributed by atoms with Gasteiger partial charge in [0.2, 0.25) is 5.88 Å². The molecule has 0 saturated carbocycles. The molecule has 2 aromatic rings. The summed E-state index contributed by atoms with van der Waals surface area (Å²) in [7, 11) is -2.21. The van der Waals surface area contributed by atoms with Gasteiger partial charge in [-0.15, -0.1) is 0 Å². The highest BCUT2D eigenvalue weighted by Gasteiger charge is 2.34. The lowest BCUT2D eigenvalue weighted by atomic mass is 10.2. The second-order valence-corrected chi connectivity index (χ2v) is 6.48. The molecule has 0 saturated heterocycles. The number of hydrogen-bond acceptors (Lipinski definition) is 6. The average molecular weight is 297 g/mol. The summed E-state index contributed by atoms with van der Waals surface area (Å²) in [6.45, 7) is 0.419. The molecule has 0 aliphatic carbocycles. The minimum Gasteiger partial charge on any atom is -0.479 e. The zero-order valence-corrected chi connectivity index (χ0v) is 11.7. The first kappa shape index (κ1) is 12.4. The van der Waals surface area contributed by atoms with Gasteiger partial charge in [-0.25, -0.2) is 8.42 Å². The summed E-state index contributed by atoms with van der Waals surface area (Å²) in [6, 6.07) is 1.71. The van der Waals surface area contributed by atoms with Gasteiger partial charge in [0, 0.05) is 24.3 Å². The number of sulfonamides is 1. The number of anilines is 1. The van der Waals surface area contributed by atoms with Gasteiger partial charge < -0.3 is 4.74 Å². The molecule has 8 heteroatoms. The van der Waals surface area contributed by atoms with Gasteiger partial charge >= 0.3 is 0 Å². The van der Waals surface area contributed by atoms with Gasteiger partial charge in [0.15, 0.2) is 4.90 Å². The molecule has 3 rings (SSSR count). The van der Waals surface area contributed by atoms with E-state index in [4.69, 9.17) is 4.74 Å². The van der Waals surface area contributed by atoms with Gasteiger partial charge in [0.05, 0.1) is 12.8 Å². The van der Waals surface area contributed by atoms with E-state index in [0.29, 0.717) is 18.7 Å². The van der Waals surface area contributed by atoms with Crippen molar-refractivity contribution < 1.29 is 13.2 Å². The second-order valence-electron chi connectivity index (χ2n) is 4.02. The number of fused-ring (bicyclic) bond motifs is 1. The van der Waals surface area contributed by atoms with E-state index in [-0.39, 0.29) is 10.8 Å². The molecule has 1 aliphatic heterocycles. The molecule has 19 heavy (non-hydrogen) atoms. The standard InChI is InChI=1S/C11H11N3O3S2/c1-17-11-10(7-18-13-11)19(15,16)14-5-3-8-6-12-4-2-9(8)14/h2,4,6-7H,3,5H2,1H3. The average Bonchev–Trinajstić information content (AvgIpc) is 3.05. The Hall–Kier alpha value is -1.67. The van der Waals surface area contributed by atoms with E-state index < -0.39 is 10.0 Å². The number of methoxy groups -OCH3 is 1. The van der Waals surface area contributed by atoms with Crippen molar-refractivity contribution in [3.8, 4) is 5.88 Å². The molecule has 1 aliphatic rings. The normalized spacial score (nSPS) is 14.5. The highest BCUT2D eigenvalue weighted by Crippen LogP contribution is 2.35. The van der Waals surface area contributed by atoms with Crippen molar-refractivity contribution in [2.45, 2.75) is 11.3 Å². The minimum atomic E-state index is -3.62. The van der Waals surface area contributed by atoms with Crippen LogP contribution < -0.4 is 9.04 Å². The van der Waals surface area contributed by atoms with Crippen molar-refractivity contribution in [1.82, 2.24) is 9.36 Å². The SMILES string of the molecule is COc1nscc1S(=O)(=O)N1CCc2cnccc21. The molecule has 0 atom stereocenters. The van der Waals surface area contributed by atoms with Gasteiger partial charge in [-0.1, -0.05) is 0 Å². The summed E-state index contributed by atoms with van der Waals surface area (Å²) >= 11 is 1.06. The molecule has 0 bridgehead atoms. The molecule has 100 valence electrons. The van der Waals surface area contributed by atoms with Crippen LogP contribution in [-0.4, -0.2) is 31.4 Å². The summed E-state index contributed by atoms with van der Waals surface area (Å²) in [6.07, 6.45) is 3.96. The fourth-order valence-corrected chi connectivity index (χ4v) is 4.64. The Kier molecular flexibility index (Phi) is 2.90. The Balaban J connectivity index is 2.08. The fraction of sp³-hybridized carbons (Fsp3) is 0.273. The topological polar surface area (TPSA) is 72.4 Å². The summed E-state index contributed by atoms with van der Waals surface area (Å²) in [5, 5.41) is 1.49. The minimum absolute atomic E-state index is 0.115. The van der Waals surface area contributed by atoms with E-state index in [1.807, 2.05) is 0 Å². The highest BCUT2D eigenvalue weighted by atomic mass is 32.2. The first-order valence-electron chi connectivity index (χ1n) is 5.58. The molecule has 3 heterocycles. The highest BCUT2D eigenvalue weighted by molar-refractivity contribution is 7.93. The number of aromatic nitrogens is 2. The molecule has 0 fully saturated rings. The Bertz CT molecular complexity index is 711. The van der Waals surface area contributed by atoms with Crippen LogP contribution in [0.25, 0.3) is 0 Å². The van der Waals surface area contributed by atoms with Crippen LogP contribution in [0, 0.1) is 0 Å². The maximum Gasteiger partial charge on any atom is 0.270 e. The van der Waals surface area contributed by atoms with Gasteiger partial charge in [-0.05, 0) is 29.6 Å². The number of nitrogens with zero attached hydrogens (tertiary/aromatic N) is 3. The van der Waals surface area contributed by atoms with E-state index in [2.05, 4.69) is 9.36 Å². The van der Waals surface area contributed by atoms with Crippen molar-refractivity contribution in [1.29, 1.82) is 0 Å². The van der Waals surface area contributed by atoms with E-state index in [1.54, 1.807) is 18.5 Å². The smallest absolute Gasteiger partial charge is 0.270 e. The van der Waals surface area contributed by atoms with Gasteiger partial charge in [0.25, 0.3) is 10.0 Å². The third-order valence-corrected chi connectivity index (χ3v) is 5.57. The Morgan fingerprint density at radius 1 is 1.47 bits per heavy atom. The predicted octanol–water partition coefficient (Wildman–Crippen LogP) is 1.30. The van der Waals surface area contributed by atoms with E-state index in [1.165, 1.54) is 16.8 Å². The summed E-state index contributed by atoms with van der Waals surface area (Å²) in [4.78, 5) is 4.13. The van der Waals surface area contributed by atoms with Crippen LogP contribution in [0.4, 0.5) is 5.69 Å². The zero-order chi connectivity index (χ0) is 13.5. The van der Waals surface area contributed by atoms with Crippen LogP contribution in [0.3, 0.4) is 0 Å². The summed E-state index contributed by atoms with van der Waals surface area (Å²) < 4.78 is 35.6. The maximum absolute atomic E-state index is 12.6. The van der Waals surface area contributed by atoms with Crippen molar-refractivity contribution in [3.05, 3.63) is 29.4 Å². The maximum atomic E-state index is 12.6. The fourth-order valence-electron chi connectivity index (χ4n) is 2.09. The van der Waals surface area contributed by atoms with E-state index >= 15 is 0 Å².